The first kappa shape index (κ1) is 9.15. The van der Waals surface area contributed by atoms with Crippen molar-refractivity contribution in [1.82, 2.24) is 4.37 Å². The van der Waals surface area contributed by atoms with Gasteiger partial charge in [-0.1, -0.05) is 0 Å². The summed E-state index contributed by atoms with van der Waals surface area (Å²) in [6, 6.07) is 0. The molecule has 0 aliphatic rings. The molecular weight excluding hydrogens is 296 g/mol. The predicted molar refractivity (Wildman–Crippen MR) is 51.4 cm³/mol. The van der Waals surface area contributed by atoms with Gasteiger partial charge >= 0.3 is 0 Å². The Morgan fingerprint density at radius 3 is 2.64 bits per heavy atom. The molecule has 6 heteroatoms. The molecule has 0 amide bonds. The highest BCUT2D eigenvalue weighted by molar-refractivity contribution is 9.13. The van der Waals surface area contributed by atoms with Crippen molar-refractivity contribution < 1.29 is 4.74 Å². The number of methoxy groups -OCH3 is 1. The minimum Gasteiger partial charge on any atom is -0.480 e. The third kappa shape index (κ3) is 1.80. The maximum atomic E-state index is 7.33. The molecule has 0 aliphatic carbocycles. The highest BCUT2D eigenvalue weighted by Gasteiger charge is 2.13. The standard InChI is InChI=1S/C5H4Br2N2OS/c1-10-5(8)3-2(6)4(7)9-11-3/h8H,1H3. The van der Waals surface area contributed by atoms with Crippen LogP contribution in [0.1, 0.15) is 4.88 Å². The first-order chi connectivity index (χ1) is 5.16. The lowest BCUT2D eigenvalue weighted by Gasteiger charge is -1.96. The fraction of sp³-hybridized carbons (Fsp3) is 0.200. The van der Waals surface area contributed by atoms with Crippen molar-refractivity contribution in [2.24, 2.45) is 0 Å². The molecule has 1 aromatic heterocycles. The number of aromatic nitrogens is 1. The monoisotopic (exact) mass is 298 g/mol. The van der Waals surface area contributed by atoms with Crippen LogP contribution in [0.2, 0.25) is 0 Å². The van der Waals surface area contributed by atoms with Gasteiger partial charge < -0.3 is 4.74 Å². The van der Waals surface area contributed by atoms with Crippen LogP contribution in [-0.4, -0.2) is 17.4 Å². The zero-order chi connectivity index (χ0) is 8.43. The van der Waals surface area contributed by atoms with E-state index >= 15 is 0 Å². The van der Waals surface area contributed by atoms with Gasteiger partial charge in [0.2, 0.25) is 5.90 Å². The molecule has 0 aromatic carbocycles. The van der Waals surface area contributed by atoms with Gasteiger partial charge in [0.25, 0.3) is 0 Å². The van der Waals surface area contributed by atoms with Gasteiger partial charge in [0.1, 0.15) is 9.48 Å². The number of nitrogens with zero attached hydrogens (tertiary/aromatic N) is 1. The van der Waals surface area contributed by atoms with Crippen molar-refractivity contribution in [3.8, 4) is 0 Å². The summed E-state index contributed by atoms with van der Waals surface area (Å²) >= 11 is 7.70. The Hall–Kier alpha value is 0.0600. The second kappa shape index (κ2) is 3.64. The summed E-state index contributed by atoms with van der Waals surface area (Å²) in [5.74, 6) is 0.125. The summed E-state index contributed by atoms with van der Waals surface area (Å²) in [6.45, 7) is 0. The van der Waals surface area contributed by atoms with Crippen LogP contribution in [0.15, 0.2) is 9.08 Å². The lowest BCUT2D eigenvalue weighted by Crippen LogP contribution is -1.98. The summed E-state index contributed by atoms with van der Waals surface area (Å²) in [7, 11) is 1.46. The number of hydrogen-bond donors (Lipinski definition) is 1. The Bertz CT molecular complexity index is 286. The van der Waals surface area contributed by atoms with E-state index in [0.717, 1.165) is 4.47 Å². The molecule has 1 N–H and O–H groups in total. The van der Waals surface area contributed by atoms with Crippen molar-refractivity contribution in [2.45, 2.75) is 0 Å². The predicted octanol–water partition coefficient (Wildman–Crippen LogP) is 2.64. The zero-order valence-corrected chi connectivity index (χ0v) is 9.51. The Morgan fingerprint density at radius 1 is 1.64 bits per heavy atom. The molecule has 0 aliphatic heterocycles. The average Bonchev–Trinajstić information content (AvgIpc) is 2.32. The molecule has 60 valence electrons. The van der Waals surface area contributed by atoms with Crippen molar-refractivity contribution in [2.75, 3.05) is 7.11 Å². The molecular formula is C5H4Br2N2OS. The smallest absolute Gasteiger partial charge is 0.226 e. The summed E-state index contributed by atoms with van der Waals surface area (Å²) in [5.41, 5.74) is 0. The van der Waals surface area contributed by atoms with E-state index in [-0.39, 0.29) is 5.90 Å². The van der Waals surface area contributed by atoms with Gasteiger partial charge in [0, 0.05) is 0 Å². The SMILES string of the molecule is COC(=N)c1snc(Br)c1Br. The molecule has 1 heterocycles. The van der Waals surface area contributed by atoms with E-state index < -0.39 is 0 Å². The highest BCUT2D eigenvalue weighted by atomic mass is 79.9. The van der Waals surface area contributed by atoms with Crippen LogP contribution in [0.5, 0.6) is 0 Å². The number of rotatable bonds is 1. The van der Waals surface area contributed by atoms with Crippen LogP contribution < -0.4 is 0 Å². The highest BCUT2D eigenvalue weighted by Crippen LogP contribution is 2.29. The number of ether oxygens (including phenoxy) is 1. The summed E-state index contributed by atoms with van der Waals surface area (Å²) in [4.78, 5) is 0.694. The molecule has 0 bridgehead atoms. The van der Waals surface area contributed by atoms with E-state index in [2.05, 4.69) is 36.2 Å². The van der Waals surface area contributed by atoms with Crippen molar-refractivity contribution in [3.63, 3.8) is 0 Å². The van der Waals surface area contributed by atoms with Crippen molar-refractivity contribution in [1.29, 1.82) is 5.41 Å². The van der Waals surface area contributed by atoms with Gasteiger partial charge in [-0.2, -0.15) is 4.37 Å². The Labute approximate surface area is 84.7 Å². The van der Waals surface area contributed by atoms with Gasteiger partial charge in [-0.05, 0) is 43.4 Å². The lowest BCUT2D eigenvalue weighted by molar-refractivity contribution is 0.402. The maximum Gasteiger partial charge on any atom is 0.226 e. The summed E-state index contributed by atoms with van der Waals surface area (Å²) in [6.07, 6.45) is 0. The first-order valence-corrected chi connectivity index (χ1v) is 4.96. The van der Waals surface area contributed by atoms with E-state index in [9.17, 15) is 0 Å². The molecule has 0 saturated carbocycles. The topological polar surface area (TPSA) is 46.0 Å². The van der Waals surface area contributed by atoms with Crippen LogP contribution in [0.3, 0.4) is 0 Å². The van der Waals surface area contributed by atoms with Gasteiger partial charge in [0.05, 0.1) is 11.6 Å². The second-order valence-electron chi connectivity index (χ2n) is 1.65. The summed E-state index contributed by atoms with van der Waals surface area (Å²) in [5, 5.41) is 7.33. The zero-order valence-electron chi connectivity index (χ0n) is 5.52. The second-order valence-corrected chi connectivity index (χ2v) is 3.97. The fourth-order valence-corrected chi connectivity index (χ4v) is 2.25. The van der Waals surface area contributed by atoms with E-state index in [1.807, 2.05) is 0 Å². The van der Waals surface area contributed by atoms with E-state index in [1.165, 1.54) is 18.6 Å². The molecule has 0 radical (unpaired) electrons. The summed E-state index contributed by atoms with van der Waals surface area (Å²) < 4.78 is 10.2. The molecule has 0 saturated heterocycles. The quantitative estimate of drug-likeness (QED) is 0.640. The third-order valence-electron chi connectivity index (χ3n) is 1.01. The molecule has 0 atom stereocenters. The number of nitrogens with one attached hydrogen (secondary N) is 1. The normalized spacial score (nSPS) is 9.73. The Morgan fingerprint density at radius 2 is 2.27 bits per heavy atom. The molecule has 0 unspecified atom stereocenters. The van der Waals surface area contributed by atoms with Crippen LogP contribution in [-0.2, 0) is 4.74 Å². The van der Waals surface area contributed by atoms with Crippen molar-refractivity contribution in [3.05, 3.63) is 14.0 Å². The third-order valence-corrected chi connectivity index (χ3v) is 4.23. The molecule has 0 fully saturated rings. The van der Waals surface area contributed by atoms with Gasteiger partial charge in [-0.15, -0.1) is 0 Å². The minimum absolute atomic E-state index is 0.125. The fourth-order valence-electron chi connectivity index (χ4n) is 0.493. The van der Waals surface area contributed by atoms with E-state index in [1.54, 1.807) is 0 Å². The van der Waals surface area contributed by atoms with Crippen molar-refractivity contribution >= 4 is 49.3 Å². The van der Waals surface area contributed by atoms with E-state index in [0.29, 0.717) is 9.48 Å². The molecule has 3 nitrogen and oxygen atoms in total. The largest absolute Gasteiger partial charge is 0.480 e. The Balaban J connectivity index is 3.04. The molecule has 1 aromatic rings. The minimum atomic E-state index is 0.125. The van der Waals surface area contributed by atoms with Crippen LogP contribution in [0, 0.1) is 5.41 Å². The Kier molecular flexibility index (Phi) is 3.03. The van der Waals surface area contributed by atoms with Crippen LogP contribution in [0.4, 0.5) is 0 Å². The number of hydrogen-bond acceptors (Lipinski definition) is 4. The van der Waals surface area contributed by atoms with Gasteiger partial charge in [-0.25, -0.2) is 0 Å². The van der Waals surface area contributed by atoms with Crippen LogP contribution >= 0.6 is 43.4 Å². The van der Waals surface area contributed by atoms with Crippen LogP contribution in [0.25, 0.3) is 0 Å². The van der Waals surface area contributed by atoms with Gasteiger partial charge in [0.15, 0.2) is 0 Å². The number of halogens is 2. The molecule has 11 heavy (non-hydrogen) atoms. The molecule has 0 spiro atoms. The van der Waals surface area contributed by atoms with E-state index in [4.69, 9.17) is 10.1 Å². The maximum absolute atomic E-state index is 7.33. The first-order valence-electron chi connectivity index (χ1n) is 2.60. The molecule has 1 rings (SSSR count). The average molecular weight is 300 g/mol. The van der Waals surface area contributed by atoms with Gasteiger partial charge in [-0.3, -0.25) is 5.41 Å². The lowest BCUT2D eigenvalue weighted by atomic mass is 10.5.